The second kappa shape index (κ2) is 10.1. The fourth-order valence-electron chi connectivity index (χ4n) is 2.16. The summed E-state index contributed by atoms with van der Waals surface area (Å²) in [6.45, 7) is 0.984. The number of carbonyl (C=O) groups is 2. The minimum absolute atomic E-state index is 0.259. The lowest BCUT2D eigenvalue weighted by Crippen LogP contribution is -2.29. The molecule has 0 fully saturated rings. The van der Waals surface area contributed by atoms with E-state index in [1.165, 1.54) is 33.3 Å². The summed E-state index contributed by atoms with van der Waals surface area (Å²) >= 11 is 11.8. The highest BCUT2D eigenvalue weighted by Gasteiger charge is 2.19. The van der Waals surface area contributed by atoms with E-state index in [-0.39, 0.29) is 10.8 Å². The number of hydrogen-bond acceptors (Lipinski definition) is 6. The van der Waals surface area contributed by atoms with Crippen molar-refractivity contribution in [2.45, 2.75) is 13.0 Å². The van der Waals surface area contributed by atoms with Gasteiger partial charge in [-0.15, -0.1) is 0 Å². The highest BCUT2D eigenvalue weighted by molar-refractivity contribution is 6.35. The highest BCUT2D eigenvalue weighted by atomic mass is 35.5. The van der Waals surface area contributed by atoms with E-state index in [1.807, 2.05) is 0 Å². The van der Waals surface area contributed by atoms with Crippen LogP contribution in [0.2, 0.25) is 10.0 Å². The Morgan fingerprint density at radius 2 is 1.75 bits per heavy atom. The molecule has 2 aromatic carbocycles. The third-order valence-corrected chi connectivity index (χ3v) is 4.09. The first-order chi connectivity index (χ1) is 13.3. The van der Waals surface area contributed by atoms with Gasteiger partial charge in [0.2, 0.25) is 0 Å². The Hall–Kier alpha value is -2.64. The van der Waals surface area contributed by atoms with Crippen molar-refractivity contribution in [3.05, 3.63) is 46.4 Å². The number of rotatable bonds is 8. The molecule has 0 saturated heterocycles. The Morgan fingerprint density at radius 1 is 1.04 bits per heavy atom. The normalized spacial score (nSPS) is 11.3. The van der Waals surface area contributed by atoms with Crippen molar-refractivity contribution in [2.75, 3.05) is 26.1 Å². The molecule has 0 spiro atoms. The van der Waals surface area contributed by atoms with Crippen LogP contribution in [0.5, 0.6) is 17.2 Å². The molecule has 0 aromatic heterocycles. The van der Waals surface area contributed by atoms with Crippen LogP contribution in [0, 0.1) is 0 Å². The summed E-state index contributed by atoms with van der Waals surface area (Å²) in [7, 11) is 2.97. The highest BCUT2D eigenvalue weighted by Crippen LogP contribution is 2.29. The van der Waals surface area contributed by atoms with Gasteiger partial charge in [0.05, 0.1) is 24.9 Å². The van der Waals surface area contributed by atoms with Crippen molar-refractivity contribution in [1.82, 2.24) is 0 Å². The van der Waals surface area contributed by atoms with Gasteiger partial charge < -0.3 is 24.3 Å². The van der Waals surface area contributed by atoms with Gasteiger partial charge in [0.25, 0.3) is 5.91 Å². The molecule has 0 radical (unpaired) electrons. The first kappa shape index (κ1) is 21.7. The van der Waals surface area contributed by atoms with Gasteiger partial charge in [-0.25, -0.2) is 4.79 Å². The van der Waals surface area contributed by atoms with Gasteiger partial charge in [-0.1, -0.05) is 23.2 Å². The number of methoxy groups -OCH3 is 2. The van der Waals surface area contributed by atoms with Crippen molar-refractivity contribution in [1.29, 1.82) is 0 Å². The van der Waals surface area contributed by atoms with Gasteiger partial charge >= 0.3 is 5.97 Å². The van der Waals surface area contributed by atoms with Gasteiger partial charge in [-0.3, -0.25) is 4.79 Å². The summed E-state index contributed by atoms with van der Waals surface area (Å²) in [6, 6.07) is 9.53. The Kier molecular flexibility index (Phi) is 7.78. The minimum atomic E-state index is -0.974. The van der Waals surface area contributed by atoms with Crippen LogP contribution in [0.15, 0.2) is 36.4 Å². The van der Waals surface area contributed by atoms with E-state index in [2.05, 4.69) is 5.32 Å². The lowest BCUT2D eigenvalue weighted by molar-refractivity contribution is -0.153. The molecule has 9 heteroatoms. The molecule has 150 valence electrons. The zero-order valence-electron chi connectivity index (χ0n) is 15.5. The van der Waals surface area contributed by atoms with Crippen molar-refractivity contribution < 1.29 is 28.5 Å². The van der Waals surface area contributed by atoms with E-state index in [1.54, 1.807) is 24.3 Å². The molecule has 1 atom stereocenters. The van der Waals surface area contributed by atoms with Crippen LogP contribution in [0.25, 0.3) is 0 Å². The molecule has 28 heavy (non-hydrogen) atoms. The summed E-state index contributed by atoms with van der Waals surface area (Å²) < 4.78 is 20.7. The molecule has 0 aliphatic heterocycles. The number of benzene rings is 2. The van der Waals surface area contributed by atoms with Crippen LogP contribution < -0.4 is 19.5 Å². The van der Waals surface area contributed by atoms with Gasteiger partial charge in [0, 0.05) is 11.1 Å². The van der Waals surface area contributed by atoms with E-state index < -0.39 is 24.6 Å². The molecule has 1 unspecified atom stereocenters. The number of amides is 1. The van der Waals surface area contributed by atoms with Crippen molar-refractivity contribution in [2.24, 2.45) is 0 Å². The number of esters is 1. The topological polar surface area (TPSA) is 83.1 Å². The molecule has 1 N–H and O–H groups in total. The maximum absolute atomic E-state index is 12.1. The quantitative estimate of drug-likeness (QED) is 0.641. The summed E-state index contributed by atoms with van der Waals surface area (Å²) in [5, 5.41) is 3.30. The van der Waals surface area contributed by atoms with E-state index in [9.17, 15) is 9.59 Å². The van der Waals surface area contributed by atoms with Crippen molar-refractivity contribution in [3.8, 4) is 17.2 Å². The number of halogens is 2. The minimum Gasteiger partial charge on any atom is -0.497 e. The standard InChI is InChI=1S/C19H19Cl2NO6/c1-11(28-16-6-4-12(20)8-14(16)21)19(24)27-10-18(23)22-15-9-13(25-2)5-7-17(15)26-3/h4-9,11H,10H2,1-3H3,(H,22,23). The second-order valence-corrected chi connectivity index (χ2v) is 6.40. The fraction of sp³-hybridized carbons (Fsp3) is 0.263. The van der Waals surface area contributed by atoms with Gasteiger partial charge in [0.1, 0.15) is 17.2 Å². The van der Waals surface area contributed by atoms with Crippen LogP contribution in [0.1, 0.15) is 6.92 Å². The first-order valence-electron chi connectivity index (χ1n) is 8.14. The monoisotopic (exact) mass is 427 g/mol. The van der Waals surface area contributed by atoms with Crippen LogP contribution in [-0.2, 0) is 14.3 Å². The van der Waals surface area contributed by atoms with Crippen LogP contribution >= 0.6 is 23.2 Å². The number of hydrogen-bond donors (Lipinski definition) is 1. The Labute approximate surface area is 172 Å². The maximum Gasteiger partial charge on any atom is 0.347 e. The van der Waals surface area contributed by atoms with E-state index in [0.717, 1.165) is 0 Å². The molecule has 2 rings (SSSR count). The molecule has 0 heterocycles. The number of anilines is 1. The summed E-state index contributed by atoms with van der Waals surface area (Å²) in [5.74, 6) is -0.0130. The lowest BCUT2D eigenvalue weighted by atomic mass is 10.2. The molecule has 0 aliphatic rings. The maximum atomic E-state index is 12.1. The summed E-state index contributed by atoms with van der Waals surface area (Å²) in [4.78, 5) is 24.2. The average Bonchev–Trinajstić information content (AvgIpc) is 2.68. The summed E-state index contributed by atoms with van der Waals surface area (Å²) in [5.41, 5.74) is 0.389. The predicted molar refractivity (Wildman–Crippen MR) is 106 cm³/mol. The largest absolute Gasteiger partial charge is 0.497 e. The Morgan fingerprint density at radius 3 is 2.39 bits per heavy atom. The lowest BCUT2D eigenvalue weighted by Gasteiger charge is -2.15. The molecule has 2 aromatic rings. The number of carbonyl (C=O) groups excluding carboxylic acids is 2. The number of ether oxygens (including phenoxy) is 4. The first-order valence-corrected chi connectivity index (χ1v) is 8.90. The fourth-order valence-corrected chi connectivity index (χ4v) is 2.61. The molecule has 1 amide bonds. The van der Waals surface area contributed by atoms with Gasteiger partial charge in [-0.2, -0.15) is 0 Å². The zero-order chi connectivity index (χ0) is 20.7. The Balaban J connectivity index is 1.90. The molecular formula is C19H19Cl2NO6. The molecule has 0 saturated carbocycles. The number of nitrogens with one attached hydrogen (secondary N) is 1. The van der Waals surface area contributed by atoms with E-state index >= 15 is 0 Å². The van der Waals surface area contributed by atoms with E-state index in [0.29, 0.717) is 22.2 Å². The van der Waals surface area contributed by atoms with Crippen molar-refractivity contribution in [3.63, 3.8) is 0 Å². The third-order valence-electron chi connectivity index (χ3n) is 3.56. The van der Waals surface area contributed by atoms with Gasteiger partial charge in [-0.05, 0) is 37.3 Å². The smallest absolute Gasteiger partial charge is 0.347 e. The second-order valence-electron chi connectivity index (χ2n) is 5.56. The molecule has 0 bridgehead atoms. The SMILES string of the molecule is COc1ccc(OC)c(NC(=O)COC(=O)C(C)Oc2ccc(Cl)cc2Cl)c1. The average molecular weight is 428 g/mol. The molecule has 7 nitrogen and oxygen atoms in total. The van der Waals surface area contributed by atoms with E-state index in [4.69, 9.17) is 42.1 Å². The predicted octanol–water partition coefficient (Wildman–Crippen LogP) is 3.96. The van der Waals surface area contributed by atoms with Crippen LogP contribution in [-0.4, -0.2) is 38.8 Å². The Bertz CT molecular complexity index is 858. The van der Waals surface area contributed by atoms with Crippen LogP contribution in [0.3, 0.4) is 0 Å². The molecular weight excluding hydrogens is 409 g/mol. The zero-order valence-corrected chi connectivity index (χ0v) is 17.0. The van der Waals surface area contributed by atoms with Crippen LogP contribution in [0.4, 0.5) is 5.69 Å². The van der Waals surface area contributed by atoms with Gasteiger partial charge in [0.15, 0.2) is 12.7 Å². The molecule has 0 aliphatic carbocycles. The van der Waals surface area contributed by atoms with Crippen molar-refractivity contribution >= 4 is 40.8 Å². The summed E-state index contributed by atoms with van der Waals surface area (Å²) in [6.07, 6.45) is -0.974. The third kappa shape index (κ3) is 5.94.